The van der Waals surface area contributed by atoms with Gasteiger partial charge >= 0.3 is 12.1 Å². The van der Waals surface area contributed by atoms with Crippen molar-refractivity contribution in [3.8, 4) is 11.3 Å². The van der Waals surface area contributed by atoms with Gasteiger partial charge in [0.15, 0.2) is 5.76 Å². The lowest BCUT2D eigenvalue weighted by atomic mass is 10.1. The van der Waals surface area contributed by atoms with Gasteiger partial charge in [0.2, 0.25) is 0 Å². The Labute approximate surface area is 168 Å². The van der Waals surface area contributed by atoms with Gasteiger partial charge in [0.1, 0.15) is 17.5 Å². The number of amides is 1. The normalized spacial score (nSPS) is 11.6. The number of rotatable bonds is 6. The van der Waals surface area contributed by atoms with Crippen molar-refractivity contribution >= 4 is 17.7 Å². The standard InChI is InChI=1S/C22H22N2O5/c1-14-20(23-22(26)28-15(2)17-7-5-4-6-8-17)21(29-24-14)18-11-9-16(10-12-18)13-19(25)27-3/h4-12,15H,13H2,1-3H3,(H,23,26)/t15-/m1/s1. The van der Waals surface area contributed by atoms with Gasteiger partial charge in [-0.15, -0.1) is 0 Å². The number of nitrogens with one attached hydrogen (secondary N) is 1. The third kappa shape index (κ3) is 5.01. The molecule has 2 aromatic carbocycles. The van der Waals surface area contributed by atoms with Gasteiger partial charge in [-0.1, -0.05) is 59.8 Å². The predicted molar refractivity (Wildman–Crippen MR) is 107 cm³/mol. The number of ether oxygens (including phenoxy) is 2. The van der Waals surface area contributed by atoms with E-state index in [1.165, 1.54) is 7.11 Å². The van der Waals surface area contributed by atoms with Crippen LogP contribution in [-0.2, 0) is 20.7 Å². The maximum Gasteiger partial charge on any atom is 0.412 e. The lowest BCUT2D eigenvalue weighted by Gasteiger charge is -2.14. The van der Waals surface area contributed by atoms with Crippen molar-refractivity contribution in [1.29, 1.82) is 0 Å². The molecular weight excluding hydrogens is 372 g/mol. The monoisotopic (exact) mass is 394 g/mol. The Bertz CT molecular complexity index is 980. The quantitative estimate of drug-likeness (QED) is 0.611. The van der Waals surface area contributed by atoms with E-state index in [-0.39, 0.29) is 12.4 Å². The molecule has 150 valence electrons. The summed E-state index contributed by atoms with van der Waals surface area (Å²) < 4.78 is 15.5. The van der Waals surface area contributed by atoms with Crippen molar-refractivity contribution in [3.63, 3.8) is 0 Å². The molecule has 0 bridgehead atoms. The fourth-order valence-corrected chi connectivity index (χ4v) is 2.81. The molecule has 7 nitrogen and oxygen atoms in total. The molecule has 0 radical (unpaired) electrons. The molecule has 3 aromatic rings. The van der Waals surface area contributed by atoms with Crippen LogP contribution in [0.15, 0.2) is 59.1 Å². The smallest absolute Gasteiger partial charge is 0.412 e. The van der Waals surface area contributed by atoms with Gasteiger partial charge in [-0.2, -0.15) is 0 Å². The van der Waals surface area contributed by atoms with Crippen molar-refractivity contribution in [3.05, 3.63) is 71.4 Å². The molecule has 0 saturated heterocycles. The molecule has 0 saturated carbocycles. The number of hydrogen-bond donors (Lipinski definition) is 1. The summed E-state index contributed by atoms with van der Waals surface area (Å²) in [5, 5.41) is 6.67. The molecule has 0 aliphatic heterocycles. The van der Waals surface area contributed by atoms with Gasteiger partial charge in [-0.05, 0) is 25.0 Å². The highest BCUT2D eigenvalue weighted by Crippen LogP contribution is 2.31. The molecule has 0 aliphatic rings. The van der Waals surface area contributed by atoms with Crippen molar-refractivity contribution in [1.82, 2.24) is 5.16 Å². The van der Waals surface area contributed by atoms with Crippen LogP contribution in [0.2, 0.25) is 0 Å². The first kappa shape index (κ1) is 20.1. The second kappa shape index (κ2) is 9.05. The Balaban J connectivity index is 1.72. The molecule has 3 rings (SSSR count). The zero-order valence-electron chi connectivity index (χ0n) is 16.5. The number of aryl methyl sites for hydroxylation is 1. The highest BCUT2D eigenvalue weighted by molar-refractivity contribution is 5.90. The van der Waals surface area contributed by atoms with Crippen molar-refractivity contribution in [2.75, 3.05) is 12.4 Å². The Morgan fingerprint density at radius 1 is 1.10 bits per heavy atom. The molecule has 1 atom stereocenters. The van der Waals surface area contributed by atoms with E-state index in [1.807, 2.05) is 30.3 Å². The van der Waals surface area contributed by atoms with Crippen LogP contribution in [0.3, 0.4) is 0 Å². The number of esters is 1. The number of aromatic nitrogens is 1. The zero-order chi connectivity index (χ0) is 20.8. The summed E-state index contributed by atoms with van der Waals surface area (Å²) in [6.07, 6.45) is -0.824. The summed E-state index contributed by atoms with van der Waals surface area (Å²) in [5.41, 5.74) is 3.39. The fraction of sp³-hybridized carbons (Fsp3) is 0.227. The van der Waals surface area contributed by atoms with E-state index in [1.54, 1.807) is 38.1 Å². The molecule has 7 heteroatoms. The Kier molecular flexibility index (Phi) is 6.29. The molecule has 1 N–H and O–H groups in total. The minimum absolute atomic E-state index is 0.182. The molecule has 0 unspecified atom stereocenters. The van der Waals surface area contributed by atoms with E-state index >= 15 is 0 Å². The Morgan fingerprint density at radius 3 is 2.45 bits per heavy atom. The molecule has 0 spiro atoms. The van der Waals surface area contributed by atoms with Gasteiger partial charge in [0.05, 0.1) is 13.5 Å². The minimum Gasteiger partial charge on any atom is -0.469 e. The second-order valence-electron chi connectivity index (χ2n) is 6.51. The predicted octanol–water partition coefficient (Wildman–Crippen LogP) is 4.68. The second-order valence-corrected chi connectivity index (χ2v) is 6.51. The summed E-state index contributed by atoms with van der Waals surface area (Å²) in [7, 11) is 1.35. The minimum atomic E-state index is -0.601. The molecule has 29 heavy (non-hydrogen) atoms. The van der Waals surface area contributed by atoms with E-state index in [2.05, 4.69) is 15.2 Å². The van der Waals surface area contributed by atoms with Crippen molar-refractivity contribution < 1.29 is 23.6 Å². The Hall–Kier alpha value is -3.61. The topological polar surface area (TPSA) is 90.7 Å². The van der Waals surface area contributed by atoms with Crippen LogP contribution in [0, 0.1) is 6.92 Å². The van der Waals surface area contributed by atoms with Crippen molar-refractivity contribution in [2.45, 2.75) is 26.4 Å². The lowest BCUT2D eigenvalue weighted by Crippen LogP contribution is -2.16. The van der Waals surface area contributed by atoms with Crippen LogP contribution in [-0.4, -0.2) is 24.3 Å². The molecule has 1 aromatic heterocycles. The van der Waals surface area contributed by atoms with Crippen LogP contribution < -0.4 is 5.32 Å². The highest BCUT2D eigenvalue weighted by atomic mass is 16.6. The average molecular weight is 394 g/mol. The van der Waals surface area contributed by atoms with Crippen molar-refractivity contribution in [2.24, 2.45) is 0 Å². The maximum atomic E-state index is 12.4. The van der Waals surface area contributed by atoms with Crippen LogP contribution in [0.1, 0.15) is 29.8 Å². The van der Waals surface area contributed by atoms with Crippen LogP contribution in [0.4, 0.5) is 10.5 Å². The third-order valence-electron chi connectivity index (χ3n) is 4.43. The summed E-state index contributed by atoms with van der Waals surface area (Å²) >= 11 is 0. The first-order valence-electron chi connectivity index (χ1n) is 9.13. The molecular formula is C22H22N2O5. The summed E-state index contributed by atoms with van der Waals surface area (Å²) in [6, 6.07) is 16.6. The maximum absolute atomic E-state index is 12.4. The van der Waals surface area contributed by atoms with E-state index in [0.717, 1.165) is 11.1 Å². The van der Waals surface area contributed by atoms with Gasteiger partial charge in [0, 0.05) is 5.56 Å². The Morgan fingerprint density at radius 2 is 1.79 bits per heavy atom. The molecule has 1 amide bonds. The largest absolute Gasteiger partial charge is 0.469 e. The van der Waals surface area contributed by atoms with Crippen LogP contribution in [0.5, 0.6) is 0 Å². The number of methoxy groups -OCH3 is 1. The number of anilines is 1. The van der Waals surface area contributed by atoms with Crippen LogP contribution in [0.25, 0.3) is 11.3 Å². The van der Waals surface area contributed by atoms with Gasteiger partial charge < -0.3 is 14.0 Å². The van der Waals surface area contributed by atoms with Gasteiger partial charge in [-0.25, -0.2) is 4.79 Å². The number of benzene rings is 2. The fourth-order valence-electron chi connectivity index (χ4n) is 2.81. The third-order valence-corrected chi connectivity index (χ3v) is 4.43. The number of nitrogens with zero attached hydrogens (tertiary/aromatic N) is 1. The van der Waals surface area contributed by atoms with Gasteiger partial charge in [0.25, 0.3) is 0 Å². The van der Waals surface area contributed by atoms with E-state index in [4.69, 9.17) is 9.26 Å². The molecule has 0 aliphatic carbocycles. The first-order valence-corrected chi connectivity index (χ1v) is 9.13. The zero-order valence-corrected chi connectivity index (χ0v) is 16.5. The molecule has 0 fully saturated rings. The molecule has 1 heterocycles. The average Bonchev–Trinajstić information content (AvgIpc) is 3.09. The first-order chi connectivity index (χ1) is 14.0. The van der Waals surface area contributed by atoms with E-state index in [9.17, 15) is 9.59 Å². The number of carbonyl (C=O) groups is 2. The van der Waals surface area contributed by atoms with Crippen LogP contribution >= 0.6 is 0 Å². The summed E-state index contributed by atoms with van der Waals surface area (Å²) in [4.78, 5) is 23.8. The van der Waals surface area contributed by atoms with Gasteiger partial charge in [-0.3, -0.25) is 10.1 Å². The number of hydrogen-bond acceptors (Lipinski definition) is 6. The van der Waals surface area contributed by atoms with E-state index < -0.39 is 12.2 Å². The van der Waals surface area contributed by atoms with E-state index in [0.29, 0.717) is 22.7 Å². The SMILES string of the molecule is COC(=O)Cc1ccc(-c2onc(C)c2NC(=O)O[C@H](C)c2ccccc2)cc1. The highest BCUT2D eigenvalue weighted by Gasteiger charge is 2.20. The summed E-state index contributed by atoms with van der Waals surface area (Å²) in [5.74, 6) is 0.0994. The lowest BCUT2D eigenvalue weighted by molar-refractivity contribution is -0.139. The summed E-state index contributed by atoms with van der Waals surface area (Å²) in [6.45, 7) is 3.53. The number of carbonyl (C=O) groups excluding carboxylic acids is 2.